The van der Waals surface area contributed by atoms with Gasteiger partial charge >= 0.3 is 0 Å². The third-order valence-corrected chi connectivity index (χ3v) is 6.19. The van der Waals surface area contributed by atoms with Crippen molar-refractivity contribution in [2.45, 2.75) is 49.1 Å². The molecule has 0 bridgehead atoms. The molecule has 1 atom stereocenters. The Morgan fingerprint density at radius 2 is 1.62 bits per heavy atom. The minimum Gasteiger partial charge on any atom is -0.324 e. The van der Waals surface area contributed by atoms with E-state index in [-0.39, 0.29) is 5.91 Å². The molecule has 0 saturated heterocycles. The summed E-state index contributed by atoms with van der Waals surface area (Å²) in [7, 11) is -0.993. The number of nitrogens with one attached hydrogen (secondary N) is 1. The molecule has 1 amide bonds. The van der Waals surface area contributed by atoms with Gasteiger partial charge in [0.25, 0.3) is 0 Å². The highest BCUT2D eigenvalue weighted by Gasteiger charge is 2.35. The van der Waals surface area contributed by atoms with Crippen molar-refractivity contribution in [3.05, 3.63) is 65.7 Å². The van der Waals surface area contributed by atoms with E-state index in [1.54, 1.807) is 0 Å². The zero-order valence-corrected chi connectivity index (χ0v) is 15.8. The maximum atomic E-state index is 12.6. The van der Waals surface area contributed by atoms with Crippen LogP contribution in [0.15, 0.2) is 54.6 Å². The summed E-state index contributed by atoms with van der Waals surface area (Å²) < 4.78 is 12.4. The van der Waals surface area contributed by atoms with Crippen LogP contribution in [0.2, 0.25) is 0 Å². The molecule has 1 aliphatic rings. The standard InChI is InChI=1S/C21H26N2O2S/c22-21(12-5-2-6-13-21)20(24)23-19-11-7-10-18(14-19)16-26(25)15-17-8-3-1-4-9-17/h1,3-4,7-11,14H,2,5-6,12-13,15-16,22H2,(H,23,24). The third kappa shape index (κ3) is 5.02. The number of rotatable bonds is 6. The van der Waals surface area contributed by atoms with Crippen molar-refractivity contribution in [1.29, 1.82) is 0 Å². The van der Waals surface area contributed by atoms with Gasteiger partial charge in [-0.3, -0.25) is 9.00 Å². The maximum absolute atomic E-state index is 12.6. The van der Waals surface area contributed by atoms with Crippen molar-refractivity contribution >= 4 is 22.4 Å². The summed E-state index contributed by atoms with van der Waals surface area (Å²) in [6.45, 7) is 0. The molecule has 1 aliphatic carbocycles. The second-order valence-corrected chi connectivity index (χ2v) is 8.54. The summed E-state index contributed by atoms with van der Waals surface area (Å²) in [5.41, 5.74) is 8.27. The van der Waals surface area contributed by atoms with Crippen molar-refractivity contribution in [1.82, 2.24) is 0 Å². The van der Waals surface area contributed by atoms with E-state index < -0.39 is 16.3 Å². The number of amides is 1. The van der Waals surface area contributed by atoms with Gasteiger partial charge in [0, 0.05) is 28.0 Å². The van der Waals surface area contributed by atoms with E-state index in [0.717, 1.165) is 48.9 Å². The highest BCUT2D eigenvalue weighted by Crippen LogP contribution is 2.27. The smallest absolute Gasteiger partial charge is 0.244 e. The summed E-state index contributed by atoms with van der Waals surface area (Å²) in [5, 5.41) is 2.95. The van der Waals surface area contributed by atoms with Crippen molar-refractivity contribution in [3.63, 3.8) is 0 Å². The molecule has 5 heteroatoms. The zero-order valence-electron chi connectivity index (χ0n) is 14.9. The Balaban J connectivity index is 1.61. The highest BCUT2D eigenvalue weighted by molar-refractivity contribution is 7.83. The van der Waals surface area contributed by atoms with E-state index in [1.165, 1.54) is 0 Å². The molecule has 138 valence electrons. The zero-order chi connectivity index (χ0) is 18.4. The quantitative estimate of drug-likeness (QED) is 0.814. The largest absolute Gasteiger partial charge is 0.324 e. The Morgan fingerprint density at radius 1 is 0.962 bits per heavy atom. The molecule has 0 radical (unpaired) electrons. The molecule has 2 aromatic carbocycles. The van der Waals surface area contributed by atoms with E-state index in [4.69, 9.17) is 5.73 Å². The predicted molar refractivity (Wildman–Crippen MR) is 107 cm³/mol. The second kappa shape index (κ2) is 8.60. The van der Waals surface area contributed by atoms with Gasteiger partial charge in [-0.15, -0.1) is 0 Å². The van der Waals surface area contributed by atoms with Crippen LogP contribution >= 0.6 is 0 Å². The lowest BCUT2D eigenvalue weighted by molar-refractivity contribution is -0.122. The lowest BCUT2D eigenvalue weighted by atomic mass is 9.82. The molecule has 1 saturated carbocycles. The van der Waals surface area contributed by atoms with Gasteiger partial charge in [0.05, 0.1) is 5.54 Å². The average Bonchev–Trinajstić information content (AvgIpc) is 2.63. The second-order valence-electron chi connectivity index (χ2n) is 7.09. The van der Waals surface area contributed by atoms with Gasteiger partial charge in [0.2, 0.25) is 5.91 Å². The summed E-state index contributed by atoms with van der Waals surface area (Å²) >= 11 is 0. The normalized spacial score (nSPS) is 17.4. The molecule has 0 spiro atoms. The molecule has 3 N–H and O–H groups in total. The summed E-state index contributed by atoms with van der Waals surface area (Å²) in [6, 6.07) is 17.4. The van der Waals surface area contributed by atoms with Gasteiger partial charge < -0.3 is 11.1 Å². The Hall–Kier alpha value is -1.98. The molecule has 0 heterocycles. The lowest BCUT2D eigenvalue weighted by Crippen LogP contribution is -2.52. The molecule has 0 aromatic heterocycles. The van der Waals surface area contributed by atoms with Gasteiger partial charge in [-0.05, 0) is 36.1 Å². The van der Waals surface area contributed by atoms with E-state index in [1.807, 2.05) is 54.6 Å². The van der Waals surface area contributed by atoms with Crippen molar-refractivity contribution in [3.8, 4) is 0 Å². The number of carbonyl (C=O) groups is 1. The molecule has 4 nitrogen and oxygen atoms in total. The molecule has 1 unspecified atom stereocenters. The Morgan fingerprint density at radius 3 is 2.35 bits per heavy atom. The Kier molecular flexibility index (Phi) is 6.22. The fraction of sp³-hybridized carbons (Fsp3) is 0.381. The molecule has 26 heavy (non-hydrogen) atoms. The molecule has 2 aromatic rings. The van der Waals surface area contributed by atoms with Crippen LogP contribution in [0.3, 0.4) is 0 Å². The number of anilines is 1. The first-order chi connectivity index (χ1) is 12.5. The number of hydrogen-bond acceptors (Lipinski definition) is 3. The van der Waals surface area contributed by atoms with Crippen molar-refractivity contribution in [2.75, 3.05) is 5.32 Å². The fourth-order valence-corrected chi connectivity index (χ4v) is 4.62. The van der Waals surface area contributed by atoms with Gasteiger partial charge in [-0.1, -0.05) is 61.7 Å². The predicted octanol–water partition coefficient (Wildman–Crippen LogP) is 3.74. The van der Waals surface area contributed by atoms with Crippen LogP contribution in [-0.2, 0) is 27.1 Å². The topological polar surface area (TPSA) is 72.2 Å². The first-order valence-corrected chi connectivity index (χ1v) is 10.6. The Labute approximate surface area is 157 Å². The highest BCUT2D eigenvalue weighted by atomic mass is 32.2. The monoisotopic (exact) mass is 370 g/mol. The van der Waals surface area contributed by atoms with Crippen molar-refractivity contribution < 1.29 is 9.00 Å². The number of carbonyl (C=O) groups excluding carboxylic acids is 1. The van der Waals surface area contributed by atoms with Gasteiger partial charge in [0.1, 0.15) is 0 Å². The van der Waals surface area contributed by atoms with Gasteiger partial charge in [-0.25, -0.2) is 0 Å². The van der Waals surface area contributed by atoms with Crippen LogP contribution in [0.5, 0.6) is 0 Å². The van der Waals surface area contributed by atoms with Crippen LogP contribution in [-0.4, -0.2) is 15.7 Å². The SMILES string of the molecule is NC1(C(=O)Nc2cccc(CS(=O)Cc3ccccc3)c2)CCCCC1. The minimum absolute atomic E-state index is 0.111. The molecule has 3 rings (SSSR count). The minimum atomic E-state index is -0.993. The van der Waals surface area contributed by atoms with Crippen LogP contribution in [0.1, 0.15) is 43.2 Å². The first-order valence-electron chi connectivity index (χ1n) is 9.13. The summed E-state index contributed by atoms with van der Waals surface area (Å²) in [5.74, 6) is 0.884. The van der Waals surface area contributed by atoms with Gasteiger partial charge in [-0.2, -0.15) is 0 Å². The third-order valence-electron chi connectivity index (χ3n) is 4.88. The van der Waals surface area contributed by atoms with Crippen LogP contribution in [0.4, 0.5) is 5.69 Å². The number of hydrogen-bond donors (Lipinski definition) is 2. The summed E-state index contributed by atoms with van der Waals surface area (Å²) in [4.78, 5) is 12.6. The van der Waals surface area contributed by atoms with Crippen molar-refractivity contribution in [2.24, 2.45) is 5.73 Å². The number of nitrogens with two attached hydrogens (primary N) is 1. The Bertz CT molecular complexity index is 771. The van der Waals surface area contributed by atoms with E-state index in [9.17, 15) is 9.00 Å². The van der Waals surface area contributed by atoms with Crippen LogP contribution in [0, 0.1) is 0 Å². The molecule has 1 fully saturated rings. The van der Waals surface area contributed by atoms with Gasteiger partial charge in [0.15, 0.2) is 0 Å². The molecule has 0 aliphatic heterocycles. The van der Waals surface area contributed by atoms with E-state index in [0.29, 0.717) is 11.5 Å². The summed E-state index contributed by atoms with van der Waals surface area (Å²) in [6.07, 6.45) is 4.62. The molecular weight excluding hydrogens is 344 g/mol. The van der Waals surface area contributed by atoms with E-state index >= 15 is 0 Å². The lowest BCUT2D eigenvalue weighted by Gasteiger charge is -2.31. The van der Waals surface area contributed by atoms with Crippen LogP contribution < -0.4 is 11.1 Å². The van der Waals surface area contributed by atoms with Crippen LogP contribution in [0.25, 0.3) is 0 Å². The number of benzene rings is 2. The molecular formula is C21H26N2O2S. The maximum Gasteiger partial charge on any atom is 0.244 e. The average molecular weight is 371 g/mol. The fourth-order valence-electron chi connectivity index (χ4n) is 3.40. The van der Waals surface area contributed by atoms with E-state index in [2.05, 4.69) is 5.32 Å². The first kappa shape index (κ1) is 18.8.